The van der Waals surface area contributed by atoms with Crippen LogP contribution in [0.1, 0.15) is 10.5 Å². The highest BCUT2D eigenvalue weighted by atomic mass is 16.5. The number of carbonyl (C=O) groups is 1. The lowest BCUT2D eigenvalue weighted by atomic mass is 10.2. The molecule has 98 valence electrons. The van der Waals surface area contributed by atoms with Gasteiger partial charge in [-0.25, -0.2) is 4.98 Å². The fraction of sp³-hybridized carbons (Fsp3) is 0.143. The number of hydrogen-bond acceptors (Lipinski definition) is 4. The van der Waals surface area contributed by atoms with Gasteiger partial charge in [0, 0.05) is 7.05 Å². The lowest BCUT2D eigenvalue weighted by molar-refractivity contribution is 0.0987. The fourth-order valence-corrected chi connectivity index (χ4v) is 1.72. The van der Waals surface area contributed by atoms with Crippen molar-refractivity contribution >= 4 is 17.3 Å². The van der Waals surface area contributed by atoms with Crippen LogP contribution >= 0.6 is 0 Å². The molecule has 5 heteroatoms. The van der Waals surface area contributed by atoms with Gasteiger partial charge < -0.3 is 15.4 Å². The Morgan fingerprint density at radius 2 is 2.00 bits per heavy atom. The number of nitrogens with zero attached hydrogens (tertiary/aromatic N) is 2. The Bertz CT molecular complexity index is 581. The van der Waals surface area contributed by atoms with Crippen LogP contribution in [-0.2, 0) is 0 Å². The third kappa shape index (κ3) is 2.65. The molecule has 0 atom stereocenters. The Kier molecular flexibility index (Phi) is 3.66. The van der Waals surface area contributed by atoms with Crippen LogP contribution in [0.2, 0.25) is 0 Å². The van der Waals surface area contributed by atoms with Gasteiger partial charge >= 0.3 is 0 Å². The van der Waals surface area contributed by atoms with E-state index in [-0.39, 0.29) is 5.91 Å². The Hall–Kier alpha value is -2.56. The van der Waals surface area contributed by atoms with E-state index in [0.717, 1.165) is 0 Å². The van der Waals surface area contributed by atoms with Crippen LogP contribution in [0.4, 0.5) is 11.4 Å². The van der Waals surface area contributed by atoms with Gasteiger partial charge in [-0.15, -0.1) is 0 Å². The first-order valence-electron chi connectivity index (χ1n) is 5.76. The fourth-order valence-electron chi connectivity index (χ4n) is 1.72. The van der Waals surface area contributed by atoms with Crippen molar-refractivity contribution in [3.8, 4) is 5.75 Å². The smallest absolute Gasteiger partial charge is 0.276 e. The Labute approximate surface area is 111 Å². The number of carbonyl (C=O) groups excluding carboxylic acids is 1. The molecule has 0 saturated heterocycles. The minimum atomic E-state index is -0.218. The zero-order chi connectivity index (χ0) is 13.8. The van der Waals surface area contributed by atoms with Crippen LogP contribution in [0.5, 0.6) is 5.75 Å². The molecular formula is C14H15N3O2. The zero-order valence-electron chi connectivity index (χ0n) is 10.8. The maximum atomic E-state index is 12.3. The molecule has 0 saturated carbocycles. The summed E-state index contributed by atoms with van der Waals surface area (Å²) >= 11 is 0. The summed E-state index contributed by atoms with van der Waals surface area (Å²) in [5, 5.41) is 0. The highest BCUT2D eigenvalue weighted by Crippen LogP contribution is 2.27. The normalized spacial score (nSPS) is 10.0. The number of nitrogens with two attached hydrogens (primary N) is 1. The number of benzene rings is 1. The van der Waals surface area contributed by atoms with E-state index in [1.165, 1.54) is 11.1 Å². The molecule has 0 bridgehead atoms. The van der Waals surface area contributed by atoms with Crippen molar-refractivity contribution in [1.29, 1.82) is 0 Å². The monoisotopic (exact) mass is 257 g/mol. The Morgan fingerprint density at radius 3 is 2.63 bits per heavy atom. The molecule has 1 heterocycles. The minimum absolute atomic E-state index is 0.218. The van der Waals surface area contributed by atoms with E-state index in [9.17, 15) is 4.79 Å². The SMILES string of the molecule is COc1ccccc1N(C)C(=O)c1ccc(N)cn1. The summed E-state index contributed by atoms with van der Waals surface area (Å²) in [4.78, 5) is 17.8. The van der Waals surface area contributed by atoms with Gasteiger partial charge in [-0.1, -0.05) is 12.1 Å². The number of hydrogen-bond donors (Lipinski definition) is 1. The number of amides is 1. The largest absolute Gasteiger partial charge is 0.495 e. The minimum Gasteiger partial charge on any atom is -0.495 e. The zero-order valence-corrected chi connectivity index (χ0v) is 10.8. The molecule has 2 rings (SSSR count). The molecule has 0 fully saturated rings. The van der Waals surface area contributed by atoms with Gasteiger partial charge in [-0.3, -0.25) is 4.79 Å². The highest BCUT2D eigenvalue weighted by molar-refractivity contribution is 6.05. The van der Waals surface area contributed by atoms with Crippen LogP contribution in [-0.4, -0.2) is 25.0 Å². The first-order chi connectivity index (χ1) is 9.13. The summed E-state index contributed by atoms with van der Waals surface area (Å²) in [6.45, 7) is 0. The predicted molar refractivity (Wildman–Crippen MR) is 74.4 cm³/mol. The second kappa shape index (κ2) is 5.39. The topological polar surface area (TPSA) is 68.5 Å². The van der Waals surface area contributed by atoms with Crippen molar-refractivity contribution in [2.45, 2.75) is 0 Å². The molecule has 0 aliphatic carbocycles. The maximum Gasteiger partial charge on any atom is 0.276 e. The number of aromatic nitrogens is 1. The van der Waals surface area contributed by atoms with Crippen LogP contribution in [0.3, 0.4) is 0 Å². The Morgan fingerprint density at radius 1 is 1.26 bits per heavy atom. The van der Waals surface area contributed by atoms with Gasteiger partial charge in [0.2, 0.25) is 0 Å². The molecule has 2 aromatic rings. The number of pyridine rings is 1. The van der Waals surface area contributed by atoms with E-state index in [1.807, 2.05) is 18.2 Å². The van der Waals surface area contributed by atoms with Crippen molar-refractivity contribution in [3.63, 3.8) is 0 Å². The summed E-state index contributed by atoms with van der Waals surface area (Å²) in [5.74, 6) is 0.415. The molecule has 0 aliphatic heterocycles. The van der Waals surface area contributed by atoms with Gasteiger partial charge in [0.25, 0.3) is 5.91 Å². The van der Waals surface area contributed by atoms with Crippen molar-refractivity contribution < 1.29 is 9.53 Å². The van der Waals surface area contributed by atoms with E-state index in [2.05, 4.69) is 4.98 Å². The van der Waals surface area contributed by atoms with Gasteiger partial charge in [0.1, 0.15) is 11.4 Å². The second-order valence-corrected chi connectivity index (χ2v) is 4.01. The predicted octanol–water partition coefficient (Wildman–Crippen LogP) is 1.95. The average molecular weight is 257 g/mol. The lowest BCUT2D eigenvalue weighted by Gasteiger charge is -2.19. The third-order valence-electron chi connectivity index (χ3n) is 2.76. The van der Waals surface area contributed by atoms with Crippen LogP contribution in [0, 0.1) is 0 Å². The number of ether oxygens (including phenoxy) is 1. The number of rotatable bonds is 3. The van der Waals surface area contributed by atoms with Crippen LogP contribution in [0.15, 0.2) is 42.6 Å². The van der Waals surface area contributed by atoms with E-state index < -0.39 is 0 Å². The molecule has 1 aromatic heterocycles. The summed E-state index contributed by atoms with van der Waals surface area (Å²) in [6, 6.07) is 10.6. The van der Waals surface area contributed by atoms with Gasteiger partial charge in [0.15, 0.2) is 0 Å². The summed E-state index contributed by atoms with van der Waals surface area (Å²) in [6.07, 6.45) is 1.46. The van der Waals surface area contributed by atoms with Crippen molar-refractivity contribution in [1.82, 2.24) is 4.98 Å². The summed E-state index contributed by atoms with van der Waals surface area (Å²) < 4.78 is 5.24. The molecule has 0 radical (unpaired) electrons. The molecule has 0 unspecified atom stereocenters. The highest BCUT2D eigenvalue weighted by Gasteiger charge is 2.17. The van der Waals surface area contributed by atoms with Gasteiger partial charge in [0.05, 0.1) is 24.7 Å². The average Bonchev–Trinajstić information content (AvgIpc) is 2.46. The molecule has 0 spiro atoms. The van der Waals surface area contributed by atoms with Crippen LogP contribution < -0.4 is 15.4 Å². The van der Waals surface area contributed by atoms with E-state index >= 15 is 0 Å². The number of anilines is 2. The molecular weight excluding hydrogens is 242 g/mol. The number of methoxy groups -OCH3 is 1. The van der Waals surface area contributed by atoms with E-state index in [1.54, 1.807) is 32.4 Å². The maximum absolute atomic E-state index is 12.3. The van der Waals surface area contributed by atoms with Crippen LogP contribution in [0.25, 0.3) is 0 Å². The molecule has 1 aromatic carbocycles. The summed E-state index contributed by atoms with van der Waals surface area (Å²) in [5.41, 5.74) is 7.10. The second-order valence-electron chi connectivity index (χ2n) is 4.01. The first-order valence-corrected chi connectivity index (χ1v) is 5.76. The van der Waals surface area contributed by atoms with Crippen molar-refractivity contribution in [2.75, 3.05) is 24.8 Å². The Balaban J connectivity index is 2.30. The number of para-hydroxylation sites is 2. The standard InChI is InChI=1S/C14H15N3O2/c1-17(12-5-3-4-6-13(12)19-2)14(18)11-8-7-10(15)9-16-11/h3-9H,15H2,1-2H3. The molecule has 2 N–H and O–H groups in total. The molecule has 19 heavy (non-hydrogen) atoms. The molecule has 0 aliphatic rings. The first kappa shape index (κ1) is 12.9. The molecule has 1 amide bonds. The summed E-state index contributed by atoms with van der Waals surface area (Å²) in [7, 11) is 3.25. The van der Waals surface area contributed by atoms with Gasteiger partial charge in [-0.2, -0.15) is 0 Å². The molecule has 5 nitrogen and oxygen atoms in total. The van der Waals surface area contributed by atoms with E-state index in [0.29, 0.717) is 22.8 Å². The van der Waals surface area contributed by atoms with Crippen molar-refractivity contribution in [3.05, 3.63) is 48.3 Å². The van der Waals surface area contributed by atoms with E-state index in [4.69, 9.17) is 10.5 Å². The van der Waals surface area contributed by atoms with Crippen molar-refractivity contribution in [2.24, 2.45) is 0 Å². The third-order valence-corrected chi connectivity index (χ3v) is 2.76. The quantitative estimate of drug-likeness (QED) is 0.912. The van der Waals surface area contributed by atoms with Gasteiger partial charge in [-0.05, 0) is 24.3 Å². The lowest BCUT2D eigenvalue weighted by Crippen LogP contribution is -2.27. The number of nitrogen functional groups attached to an aromatic ring is 1.